The Morgan fingerprint density at radius 3 is 2.84 bits per heavy atom. The number of aromatic nitrogens is 2. The minimum absolute atomic E-state index is 0.116. The van der Waals surface area contributed by atoms with Gasteiger partial charge < -0.3 is 9.72 Å². The molecule has 0 unspecified atom stereocenters. The van der Waals surface area contributed by atoms with Crippen molar-refractivity contribution in [2.24, 2.45) is 0 Å². The third-order valence-corrected chi connectivity index (χ3v) is 3.06. The number of carbonyl (C=O) groups is 1. The molecule has 3 rings (SSSR count). The van der Waals surface area contributed by atoms with Gasteiger partial charge in [-0.1, -0.05) is 18.2 Å². The number of fused-ring (bicyclic) bond motifs is 1. The second-order valence-electron chi connectivity index (χ2n) is 4.35. The fraction of sp³-hybridized carbons (Fsp3) is 0.0667. The quantitative estimate of drug-likeness (QED) is 0.761. The van der Waals surface area contributed by atoms with Crippen molar-refractivity contribution in [3.8, 4) is 0 Å². The average molecular weight is 251 g/mol. The first kappa shape index (κ1) is 11.5. The van der Waals surface area contributed by atoms with E-state index in [1.165, 1.54) is 0 Å². The van der Waals surface area contributed by atoms with Gasteiger partial charge in [-0.3, -0.25) is 4.79 Å². The molecule has 1 N–H and O–H groups in total. The summed E-state index contributed by atoms with van der Waals surface area (Å²) >= 11 is 0. The summed E-state index contributed by atoms with van der Waals surface area (Å²) < 4.78 is 1.87. The molecule has 1 aromatic carbocycles. The van der Waals surface area contributed by atoms with Crippen LogP contribution in [0.15, 0.2) is 55.0 Å². The van der Waals surface area contributed by atoms with Crippen molar-refractivity contribution < 1.29 is 4.79 Å². The average Bonchev–Trinajstić information content (AvgIpc) is 2.88. The van der Waals surface area contributed by atoms with Gasteiger partial charge in [0.25, 0.3) is 5.91 Å². The molecule has 0 atom stereocenters. The van der Waals surface area contributed by atoms with Crippen molar-refractivity contribution >= 4 is 17.2 Å². The monoisotopic (exact) mass is 251 g/mol. The minimum Gasteiger partial charge on any atom is -0.319 e. The molecule has 3 aromatic rings. The number of aryl methyl sites for hydroxylation is 1. The van der Waals surface area contributed by atoms with E-state index in [0.717, 1.165) is 11.2 Å². The first-order chi connectivity index (χ1) is 9.25. The summed E-state index contributed by atoms with van der Waals surface area (Å²) in [4.78, 5) is 16.5. The van der Waals surface area contributed by atoms with Gasteiger partial charge in [0.2, 0.25) is 0 Å². The van der Waals surface area contributed by atoms with E-state index >= 15 is 0 Å². The van der Waals surface area contributed by atoms with Gasteiger partial charge in [-0.25, -0.2) is 4.98 Å². The SMILES string of the molecule is Cc1ccccc1C(=O)Nc1cccn2ccnc12. The Bertz CT molecular complexity index is 746. The number of nitrogens with zero attached hydrogens (tertiary/aromatic N) is 2. The first-order valence-corrected chi connectivity index (χ1v) is 6.04. The predicted octanol–water partition coefficient (Wildman–Crippen LogP) is 2.90. The summed E-state index contributed by atoms with van der Waals surface area (Å²) in [7, 11) is 0. The van der Waals surface area contributed by atoms with Crippen LogP contribution < -0.4 is 5.32 Å². The molecule has 2 heterocycles. The minimum atomic E-state index is -0.116. The van der Waals surface area contributed by atoms with E-state index in [2.05, 4.69) is 10.3 Å². The number of rotatable bonds is 2. The summed E-state index contributed by atoms with van der Waals surface area (Å²) in [5, 5.41) is 2.91. The third kappa shape index (κ3) is 2.08. The molecular weight excluding hydrogens is 238 g/mol. The largest absolute Gasteiger partial charge is 0.319 e. The zero-order chi connectivity index (χ0) is 13.2. The maximum atomic E-state index is 12.3. The molecule has 0 aliphatic carbocycles. The molecule has 0 aliphatic heterocycles. The molecule has 94 valence electrons. The lowest BCUT2D eigenvalue weighted by Crippen LogP contribution is -2.14. The van der Waals surface area contributed by atoms with E-state index in [0.29, 0.717) is 11.3 Å². The van der Waals surface area contributed by atoms with E-state index in [1.807, 2.05) is 60.1 Å². The van der Waals surface area contributed by atoms with Crippen LogP contribution in [-0.2, 0) is 0 Å². The number of amides is 1. The molecule has 0 spiro atoms. The number of imidazole rings is 1. The highest BCUT2D eigenvalue weighted by molar-refractivity contribution is 6.06. The van der Waals surface area contributed by atoms with Crippen molar-refractivity contribution in [2.75, 3.05) is 5.32 Å². The van der Waals surface area contributed by atoms with E-state index in [-0.39, 0.29) is 5.91 Å². The standard InChI is InChI=1S/C15H13N3O/c1-11-5-2-3-6-12(11)15(19)17-13-7-4-9-18-10-8-16-14(13)18/h2-10H,1H3,(H,17,19). The van der Waals surface area contributed by atoms with Gasteiger partial charge in [0.05, 0.1) is 5.69 Å². The van der Waals surface area contributed by atoms with Crippen molar-refractivity contribution in [1.82, 2.24) is 9.38 Å². The Hall–Kier alpha value is -2.62. The molecule has 19 heavy (non-hydrogen) atoms. The number of carbonyl (C=O) groups excluding carboxylic acids is 1. The Balaban J connectivity index is 1.95. The van der Waals surface area contributed by atoms with Crippen molar-refractivity contribution in [3.05, 3.63) is 66.1 Å². The highest BCUT2D eigenvalue weighted by Crippen LogP contribution is 2.16. The fourth-order valence-electron chi connectivity index (χ4n) is 2.06. The Kier molecular flexibility index (Phi) is 2.76. The zero-order valence-electron chi connectivity index (χ0n) is 10.5. The van der Waals surface area contributed by atoms with Crippen LogP contribution in [0.25, 0.3) is 5.65 Å². The number of hydrogen-bond donors (Lipinski definition) is 1. The molecule has 0 saturated heterocycles. The van der Waals surface area contributed by atoms with Crippen molar-refractivity contribution in [2.45, 2.75) is 6.92 Å². The lowest BCUT2D eigenvalue weighted by Gasteiger charge is -2.08. The van der Waals surface area contributed by atoms with Crippen LogP contribution in [0.3, 0.4) is 0 Å². The van der Waals surface area contributed by atoms with E-state index in [9.17, 15) is 4.79 Å². The van der Waals surface area contributed by atoms with Gasteiger partial charge in [0.1, 0.15) is 0 Å². The Morgan fingerprint density at radius 1 is 1.16 bits per heavy atom. The summed E-state index contributed by atoms with van der Waals surface area (Å²) in [6, 6.07) is 11.2. The van der Waals surface area contributed by atoms with E-state index in [4.69, 9.17) is 0 Å². The van der Waals surface area contributed by atoms with E-state index in [1.54, 1.807) is 6.20 Å². The van der Waals surface area contributed by atoms with E-state index < -0.39 is 0 Å². The maximum absolute atomic E-state index is 12.3. The molecule has 1 amide bonds. The summed E-state index contributed by atoms with van der Waals surface area (Å²) in [6.45, 7) is 1.92. The van der Waals surface area contributed by atoms with Gasteiger partial charge in [0, 0.05) is 24.2 Å². The van der Waals surface area contributed by atoms with Crippen LogP contribution in [0.2, 0.25) is 0 Å². The molecule has 4 heteroatoms. The molecule has 0 fully saturated rings. The van der Waals surface area contributed by atoms with Crippen LogP contribution in [-0.4, -0.2) is 15.3 Å². The third-order valence-electron chi connectivity index (χ3n) is 3.06. The van der Waals surface area contributed by atoms with Gasteiger partial charge in [-0.05, 0) is 30.7 Å². The summed E-state index contributed by atoms with van der Waals surface area (Å²) in [5.74, 6) is -0.116. The second-order valence-corrected chi connectivity index (χ2v) is 4.35. The molecule has 0 bridgehead atoms. The Labute approximate surface area is 110 Å². The van der Waals surface area contributed by atoms with Crippen LogP contribution in [0, 0.1) is 6.92 Å². The van der Waals surface area contributed by atoms with Crippen molar-refractivity contribution in [3.63, 3.8) is 0 Å². The number of hydrogen-bond acceptors (Lipinski definition) is 2. The number of nitrogens with one attached hydrogen (secondary N) is 1. The predicted molar refractivity (Wildman–Crippen MR) is 74.3 cm³/mol. The highest BCUT2D eigenvalue weighted by atomic mass is 16.1. The zero-order valence-corrected chi connectivity index (χ0v) is 10.5. The van der Waals surface area contributed by atoms with Crippen LogP contribution in [0.4, 0.5) is 5.69 Å². The van der Waals surface area contributed by atoms with Crippen LogP contribution >= 0.6 is 0 Å². The number of benzene rings is 1. The molecule has 4 nitrogen and oxygen atoms in total. The molecular formula is C15H13N3O. The molecule has 0 aliphatic rings. The smallest absolute Gasteiger partial charge is 0.256 e. The maximum Gasteiger partial charge on any atom is 0.256 e. The van der Waals surface area contributed by atoms with Gasteiger partial charge in [-0.15, -0.1) is 0 Å². The fourth-order valence-corrected chi connectivity index (χ4v) is 2.06. The lowest BCUT2D eigenvalue weighted by molar-refractivity contribution is 0.102. The number of pyridine rings is 1. The Morgan fingerprint density at radius 2 is 2.00 bits per heavy atom. The summed E-state index contributed by atoms with van der Waals surface area (Å²) in [5.41, 5.74) is 3.08. The highest BCUT2D eigenvalue weighted by Gasteiger charge is 2.10. The van der Waals surface area contributed by atoms with Crippen molar-refractivity contribution in [1.29, 1.82) is 0 Å². The second kappa shape index (κ2) is 4.57. The summed E-state index contributed by atoms with van der Waals surface area (Å²) in [6.07, 6.45) is 5.45. The topological polar surface area (TPSA) is 46.4 Å². The van der Waals surface area contributed by atoms with Crippen LogP contribution in [0.1, 0.15) is 15.9 Å². The number of anilines is 1. The molecule has 0 saturated carbocycles. The normalized spacial score (nSPS) is 10.6. The lowest BCUT2D eigenvalue weighted by atomic mass is 10.1. The van der Waals surface area contributed by atoms with Gasteiger partial charge in [-0.2, -0.15) is 0 Å². The first-order valence-electron chi connectivity index (χ1n) is 6.04. The molecule has 0 radical (unpaired) electrons. The van der Waals surface area contributed by atoms with Gasteiger partial charge >= 0.3 is 0 Å². The molecule has 2 aromatic heterocycles. The van der Waals surface area contributed by atoms with Gasteiger partial charge in [0.15, 0.2) is 5.65 Å². The van der Waals surface area contributed by atoms with Crippen LogP contribution in [0.5, 0.6) is 0 Å².